The van der Waals surface area contributed by atoms with Gasteiger partial charge in [0.15, 0.2) is 0 Å². The Labute approximate surface area is 112 Å². The highest BCUT2D eigenvalue weighted by atomic mass is 19.1. The first-order valence-electron chi connectivity index (χ1n) is 6.21. The molecule has 0 aliphatic carbocycles. The van der Waals surface area contributed by atoms with Crippen molar-refractivity contribution in [1.29, 1.82) is 0 Å². The van der Waals surface area contributed by atoms with Crippen LogP contribution in [-0.2, 0) is 5.41 Å². The van der Waals surface area contributed by atoms with Crippen molar-refractivity contribution in [2.45, 2.75) is 32.6 Å². The Kier molecular flexibility index (Phi) is 3.30. The fraction of sp³-hybridized carbons (Fsp3) is 0.429. The standard InChI is InChI=1S/C14H18FN3O/c1-9-5-6-18(13(19)17-9)12-7-11(15)10(8-16-12)14(2,3)4/h7-8H,1,5-6H2,2-4H3,(H,17,19). The molecule has 2 rings (SSSR count). The first-order valence-corrected chi connectivity index (χ1v) is 6.21. The van der Waals surface area contributed by atoms with E-state index in [1.165, 1.54) is 17.2 Å². The molecule has 0 bridgehead atoms. The molecule has 4 nitrogen and oxygen atoms in total. The van der Waals surface area contributed by atoms with Crippen LogP contribution in [0.1, 0.15) is 32.8 Å². The van der Waals surface area contributed by atoms with E-state index in [4.69, 9.17) is 0 Å². The van der Waals surface area contributed by atoms with Gasteiger partial charge in [0.1, 0.15) is 11.6 Å². The Morgan fingerprint density at radius 1 is 1.47 bits per heavy atom. The maximum absolute atomic E-state index is 14.1. The Morgan fingerprint density at radius 2 is 2.16 bits per heavy atom. The number of halogens is 1. The van der Waals surface area contributed by atoms with Gasteiger partial charge in [0, 0.05) is 36.5 Å². The number of nitrogens with zero attached hydrogens (tertiary/aromatic N) is 2. The normalized spacial score (nSPS) is 16.5. The number of carbonyl (C=O) groups excluding carboxylic acids is 1. The van der Waals surface area contributed by atoms with Crippen molar-refractivity contribution in [2.24, 2.45) is 0 Å². The summed E-state index contributed by atoms with van der Waals surface area (Å²) in [7, 11) is 0. The first kappa shape index (κ1) is 13.5. The number of pyridine rings is 1. The summed E-state index contributed by atoms with van der Waals surface area (Å²) < 4.78 is 14.1. The van der Waals surface area contributed by atoms with Gasteiger partial charge in [-0.15, -0.1) is 0 Å². The van der Waals surface area contributed by atoms with Crippen LogP contribution in [0.4, 0.5) is 15.0 Å². The van der Waals surface area contributed by atoms with Gasteiger partial charge in [-0.05, 0) is 5.41 Å². The highest BCUT2D eigenvalue weighted by Crippen LogP contribution is 2.27. The summed E-state index contributed by atoms with van der Waals surface area (Å²) in [5.74, 6) is -0.00907. The Bertz CT molecular complexity index is 534. The predicted octanol–water partition coefficient (Wildman–Crippen LogP) is 2.95. The minimum Gasteiger partial charge on any atom is -0.312 e. The van der Waals surface area contributed by atoms with Crippen molar-refractivity contribution in [3.63, 3.8) is 0 Å². The summed E-state index contributed by atoms with van der Waals surface area (Å²) in [5.41, 5.74) is 0.903. The number of carbonyl (C=O) groups is 1. The molecule has 102 valence electrons. The molecule has 0 saturated carbocycles. The number of amides is 2. The van der Waals surface area contributed by atoms with Crippen molar-refractivity contribution < 1.29 is 9.18 Å². The van der Waals surface area contributed by atoms with Crippen LogP contribution in [0.5, 0.6) is 0 Å². The third-order valence-electron chi connectivity index (χ3n) is 3.09. The lowest BCUT2D eigenvalue weighted by Crippen LogP contribution is -2.45. The number of hydrogen-bond donors (Lipinski definition) is 1. The second-order valence-electron chi connectivity index (χ2n) is 5.71. The lowest BCUT2D eigenvalue weighted by atomic mass is 9.88. The molecule has 1 aliphatic rings. The van der Waals surface area contributed by atoms with Gasteiger partial charge in [-0.25, -0.2) is 14.2 Å². The molecular weight excluding hydrogens is 245 g/mol. The summed E-state index contributed by atoms with van der Waals surface area (Å²) >= 11 is 0. The van der Waals surface area contributed by atoms with Crippen molar-refractivity contribution in [3.8, 4) is 0 Å². The van der Waals surface area contributed by atoms with Crippen LogP contribution in [0.2, 0.25) is 0 Å². The van der Waals surface area contributed by atoms with Gasteiger partial charge < -0.3 is 5.32 Å². The number of aromatic nitrogens is 1. The van der Waals surface area contributed by atoms with E-state index in [9.17, 15) is 9.18 Å². The maximum Gasteiger partial charge on any atom is 0.327 e. The largest absolute Gasteiger partial charge is 0.327 e. The van der Waals surface area contributed by atoms with E-state index in [0.29, 0.717) is 30.0 Å². The average Bonchev–Trinajstić information content (AvgIpc) is 2.26. The molecule has 19 heavy (non-hydrogen) atoms. The highest BCUT2D eigenvalue weighted by molar-refractivity contribution is 5.93. The molecule has 1 fully saturated rings. The number of hydrogen-bond acceptors (Lipinski definition) is 2. The fourth-order valence-electron chi connectivity index (χ4n) is 1.97. The molecule has 1 saturated heterocycles. The summed E-state index contributed by atoms with van der Waals surface area (Å²) in [4.78, 5) is 17.4. The van der Waals surface area contributed by atoms with E-state index in [1.54, 1.807) is 0 Å². The summed E-state index contributed by atoms with van der Waals surface area (Å²) in [5, 5.41) is 2.62. The monoisotopic (exact) mass is 263 g/mol. The quantitative estimate of drug-likeness (QED) is 0.846. The van der Waals surface area contributed by atoms with E-state index in [-0.39, 0.29) is 17.3 Å². The first-order chi connectivity index (χ1) is 8.79. The van der Waals surface area contributed by atoms with Gasteiger partial charge in [0.25, 0.3) is 0 Å². The molecule has 2 heterocycles. The maximum atomic E-state index is 14.1. The highest BCUT2D eigenvalue weighted by Gasteiger charge is 2.25. The van der Waals surface area contributed by atoms with Crippen molar-refractivity contribution in [1.82, 2.24) is 10.3 Å². The molecule has 5 heteroatoms. The summed E-state index contributed by atoms with van der Waals surface area (Å²) in [6.07, 6.45) is 2.14. The van der Waals surface area contributed by atoms with E-state index in [1.807, 2.05) is 20.8 Å². The number of rotatable bonds is 1. The zero-order valence-corrected chi connectivity index (χ0v) is 11.5. The zero-order chi connectivity index (χ0) is 14.2. The SMILES string of the molecule is C=C1CCN(c2cc(F)c(C(C)(C)C)cn2)C(=O)N1. The minimum atomic E-state index is -0.338. The van der Waals surface area contributed by atoms with Crippen LogP contribution in [0.25, 0.3) is 0 Å². The van der Waals surface area contributed by atoms with E-state index in [2.05, 4.69) is 16.9 Å². The second-order valence-corrected chi connectivity index (χ2v) is 5.71. The topological polar surface area (TPSA) is 45.2 Å². The smallest absolute Gasteiger partial charge is 0.312 e. The van der Waals surface area contributed by atoms with Crippen LogP contribution in [0.3, 0.4) is 0 Å². The van der Waals surface area contributed by atoms with Gasteiger partial charge in [0.2, 0.25) is 0 Å². The van der Waals surface area contributed by atoms with Crippen LogP contribution >= 0.6 is 0 Å². The van der Waals surface area contributed by atoms with Gasteiger partial charge in [-0.1, -0.05) is 27.4 Å². The van der Waals surface area contributed by atoms with E-state index in [0.717, 1.165) is 0 Å². The van der Waals surface area contributed by atoms with Gasteiger partial charge in [-0.3, -0.25) is 4.90 Å². The lowest BCUT2D eigenvalue weighted by molar-refractivity contribution is 0.246. The molecule has 0 spiro atoms. The van der Waals surface area contributed by atoms with Crippen LogP contribution in [-0.4, -0.2) is 17.6 Å². The van der Waals surface area contributed by atoms with Crippen molar-refractivity contribution in [2.75, 3.05) is 11.4 Å². The third kappa shape index (κ3) is 2.75. The van der Waals surface area contributed by atoms with Crippen molar-refractivity contribution >= 4 is 11.8 Å². The molecule has 0 unspecified atom stereocenters. The van der Waals surface area contributed by atoms with Crippen LogP contribution in [0, 0.1) is 5.82 Å². The van der Waals surface area contributed by atoms with Crippen LogP contribution < -0.4 is 10.2 Å². The second kappa shape index (κ2) is 4.64. The Morgan fingerprint density at radius 3 is 2.68 bits per heavy atom. The molecule has 0 atom stereocenters. The molecule has 0 aromatic carbocycles. The number of nitrogens with one attached hydrogen (secondary N) is 1. The average molecular weight is 263 g/mol. The zero-order valence-electron chi connectivity index (χ0n) is 11.5. The minimum absolute atomic E-state index is 0.311. The van der Waals surface area contributed by atoms with E-state index < -0.39 is 0 Å². The van der Waals surface area contributed by atoms with Crippen LogP contribution in [0.15, 0.2) is 24.5 Å². The van der Waals surface area contributed by atoms with Crippen molar-refractivity contribution in [3.05, 3.63) is 35.9 Å². The molecular formula is C14H18FN3O. The number of anilines is 1. The lowest BCUT2D eigenvalue weighted by Gasteiger charge is -2.28. The fourth-order valence-corrected chi connectivity index (χ4v) is 1.97. The molecule has 1 N–H and O–H groups in total. The van der Waals surface area contributed by atoms with E-state index >= 15 is 0 Å². The molecule has 0 radical (unpaired) electrons. The van der Waals surface area contributed by atoms with Gasteiger partial charge >= 0.3 is 6.03 Å². The third-order valence-corrected chi connectivity index (χ3v) is 3.09. The van der Waals surface area contributed by atoms with Gasteiger partial charge in [0.05, 0.1) is 0 Å². The summed E-state index contributed by atoms with van der Waals surface area (Å²) in [6.45, 7) is 9.93. The molecule has 1 aromatic heterocycles. The molecule has 1 aliphatic heterocycles. The van der Waals surface area contributed by atoms with Gasteiger partial charge in [-0.2, -0.15) is 0 Å². The Balaban J connectivity index is 2.30. The Hall–Kier alpha value is -1.91. The predicted molar refractivity (Wildman–Crippen MR) is 72.5 cm³/mol. The number of urea groups is 1. The molecule has 1 aromatic rings. The summed E-state index contributed by atoms with van der Waals surface area (Å²) in [6, 6.07) is 1.00. The molecule has 2 amide bonds.